The minimum atomic E-state index is -0.643. The van der Waals surface area contributed by atoms with Crippen LogP contribution in [-0.4, -0.2) is 10.9 Å². The van der Waals surface area contributed by atoms with Gasteiger partial charge in [0, 0.05) is 18.9 Å². The van der Waals surface area contributed by atoms with Gasteiger partial charge in [0.1, 0.15) is 5.38 Å². The van der Waals surface area contributed by atoms with Crippen LogP contribution in [0.25, 0.3) is 0 Å². The van der Waals surface area contributed by atoms with Crippen molar-refractivity contribution in [2.75, 3.05) is 0 Å². The predicted octanol–water partition coefficient (Wildman–Crippen LogP) is 2.61. The maximum atomic E-state index is 11.8. The second-order valence-corrected chi connectivity index (χ2v) is 4.15. The van der Waals surface area contributed by atoms with Gasteiger partial charge in [-0.15, -0.1) is 11.6 Å². The van der Waals surface area contributed by atoms with E-state index < -0.39 is 5.38 Å². The van der Waals surface area contributed by atoms with Crippen LogP contribution in [0.15, 0.2) is 48.8 Å². The van der Waals surface area contributed by atoms with E-state index in [9.17, 15) is 4.79 Å². The van der Waals surface area contributed by atoms with Gasteiger partial charge in [-0.1, -0.05) is 30.3 Å². The van der Waals surface area contributed by atoms with Crippen LogP contribution in [0.2, 0.25) is 0 Å². The maximum Gasteiger partial charge on any atom is 0.242 e. The zero-order valence-corrected chi connectivity index (χ0v) is 9.95. The summed E-state index contributed by atoms with van der Waals surface area (Å²) in [6.07, 6.45) is 3.66. The van der Waals surface area contributed by atoms with E-state index in [4.69, 9.17) is 11.6 Å². The molecule has 0 saturated heterocycles. The summed E-state index contributed by atoms with van der Waals surface area (Å²) in [6, 6.07) is 11.2. The maximum absolute atomic E-state index is 11.8. The highest BCUT2D eigenvalue weighted by molar-refractivity contribution is 6.30. The van der Waals surface area contributed by atoms with Gasteiger partial charge in [-0.2, -0.15) is 0 Å². The van der Waals surface area contributed by atoms with Crippen molar-refractivity contribution in [3.8, 4) is 0 Å². The van der Waals surface area contributed by atoms with Gasteiger partial charge < -0.3 is 10.3 Å². The third-order valence-electron chi connectivity index (χ3n) is 2.45. The Bertz CT molecular complexity index is 467. The summed E-state index contributed by atoms with van der Waals surface area (Å²) < 4.78 is 0. The lowest BCUT2D eigenvalue weighted by atomic mass is 10.1. The Morgan fingerprint density at radius 1 is 1.29 bits per heavy atom. The van der Waals surface area contributed by atoms with E-state index in [-0.39, 0.29) is 5.91 Å². The molecule has 1 aromatic heterocycles. The molecule has 0 saturated carbocycles. The zero-order chi connectivity index (χ0) is 12.1. The van der Waals surface area contributed by atoms with Crippen molar-refractivity contribution in [3.05, 3.63) is 59.9 Å². The minimum absolute atomic E-state index is 0.181. The lowest BCUT2D eigenvalue weighted by molar-refractivity contribution is -0.121. The third-order valence-corrected chi connectivity index (χ3v) is 2.90. The second-order valence-electron chi connectivity index (χ2n) is 3.71. The summed E-state index contributed by atoms with van der Waals surface area (Å²) in [5.41, 5.74) is 1.83. The Labute approximate surface area is 105 Å². The van der Waals surface area contributed by atoms with Gasteiger partial charge in [-0.25, -0.2) is 0 Å². The molecule has 88 valence electrons. The second kappa shape index (κ2) is 5.55. The number of carbonyl (C=O) groups excluding carboxylic acids is 1. The lowest BCUT2D eigenvalue weighted by Gasteiger charge is -2.10. The summed E-state index contributed by atoms with van der Waals surface area (Å²) >= 11 is 6.08. The van der Waals surface area contributed by atoms with Crippen LogP contribution in [0, 0.1) is 0 Å². The molecule has 17 heavy (non-hydrogen) atoms. The first-order valence-electron chi connectivity index (χ1n) is 5.36. The Morgan fingerprint density at radius 2 is 2.06 bits per heavy atom. The molecule has 2 aromatic rings. The number of alkyl halides is 1. The zero-order valence-electron chi connectivity index (χ0n) is 9.19. The summed E-state index contributed by atoms with van der Waals surface area (Å²) in [5.74, 6) is -0.181. The molecule has 4 heteroatoms. The molecule has 1 amide bonds. The predicted molar refractivity (Wildman–Crippen MR) is 67.7 cm³/mol. The number of rotatable bonds is 4. The minimum Gasteiger partial charge on any atom is -0.367 e. The van der Waals surface area contributed by atoms with Crippen molar-refractivity contribution < 1.29 is 4.79 Å². The topological polar surface area (TPSA) is 44.9 Å². The van der Waals surface area contributed by atoms with Crippen LogP contribution in [0.4, 0.5) is 0 Å². The average Bonchev–Trinajstić information content (AvgIpc) is 2.89. The number of H-pyrrole nitrogens is 1. The number of amides is 1. The number of carbonyl (C=O) groups is 1. The standard InChI is InChI=1S/C13H13ClN2O/c14-12(11-4-2-1-3-5-11)13(17)16-9-10-6-7-15-8-10/h1-8,12,15H,9H2,(H,16,17). The SMILES string of the molecule is O=C(NCc1cc[nH]c1)C(Cl)c1ccccc1. The molecule has 3 nitrogen and oxygen atoms in total. The van der Waals surface area contributed by atoms with Crippen LogP contribution < -0.4 is 5.32 Å². The summed E-state index contributed by atoms with van der Waals surface area (Å²) in [6.45, 7) is 0.485. The van der Waals surface area contributed by atoms with Crippen molar-refractivity contribution in [1.82, 2.24) is 10.3 Å². The monoisotopic (exact) mass is 248 g/mol. The van der Waals surface area contributed by atoms with Crippen molar-refractivity contribution in [3.63, 3.8) is 0 Å². The number of hydrogen-bond donors (Lipinski definition) is 2. The van der Waals surface area contributed by atoms with Crippen LogP contribution in [-0.2, 0) is 11.3 Å². The van der Waals surface area contributed by atoms with E-state index in [2.05, 4.69) is 10.3 Å². The van der Waals surface area contributed by atoms with E-state index in [1.807, 2.05) is 48.8 Å². The molecule has 2 N–H and O–H groups in total. The van der Waals surface area contributed by atoms with Crippen molar-refractivity contribution >= 4 is 17.5 Å². The first kappa shape index (κ1) is 11.7. The van der Waals surface area contributed by atoms with E-state index in [1.54, 1.807) is 0 Å². The van der Waals surface area contributed by atoms with Gasteiger partial charge in [0.05, 0.1) is 0 Å². The van der Waals surface area contributed by atoms with Crippen molar-refractivity contribution in [2.24, 2.45) is 0 Å². The van der Waals surface area contributed by atoms with Gasteiger partial charge in [-0.3, -0.25) is 4.79 Å². The molecule has 0 aliphatic rings. The molecule has 1 unspecified atom stereocenters. The number of halogens is 1. The largest absolute Gasteiger partial charge is 0.367 e. The van der Waals surface area contributed by atoms with Crippen LogP contribution in [0.1, 0.15) is 16.5 Å². The molecule has 0 aliphatic heterocycles. The Kier molecular flexibility index (Phi) is 3.83. The molecule has 0 fully saturated rings. The summed E-state index contributed by atoms with van der Waals surface area (Å²) in [4.78, 5) is 14.7. The lowest BCUT2D eigenvalue weighted by Crippen LogP contribution is -2.26. The number of hydrogen-bond acceptors (Lipinski definition) is 1. The average molecular weight is 249 g/mol. The van der Waals surface area contributed by atoms with Crippen LogP contribution in [0.5, 0.6) is 0 Å². The first-order chi connectivity index (χ1) is 8.27. The molecule has 1 aromatic carbocycles. The highest BCUT2D eigenvalue weighted by Gasteiger charge is 2.16. The molecule has 0 spiro atoms. The normalized spacial score (nSPS) is 12.1. The highest BCUT2D eigenvalue weighted by atomic mass is 35.5. The van der Waals surface area contributed by atoms with Gasteiger partial charge >= 0.3 is 0 Å². The van der Waals surface area contributed by atoms with Crippen molar-refractivity contribution in [2.45, 2.75) is 11.9 Å². The van der Waals surface area contributed by atoms with Crippen LogP contribution in [0.3, 0.4) is 0 Å². The molecule has 0 aliphatic carbocycles. The number of aromatic amines is 1. The third kappa shape index (κ3) is 3.11. The molecular weight excluding hydrogens is 236 g/mol. The van der Waals surface area contributed by atoms with Gasteiger partial charge in [0.15, 0.2) is 0 Å². The van der Waals surface area contributed by atoms with Gasteiger partial charge in [0.2, 0.25) is 5.91 Å². The van der Waals surface area contributed by atoms with E-state index >= 15 is 0 Å². The smallest absolute Gasteiger partial charge is 0.242 e. The van der Waals surface area contributed by atoms with E-state index in [0.29, 0.717) is 6.54 Å². The van der Waals surface area contributed by atoms with Gasteiger partial charge in [-0.05, 0) is 17.2 Å². The fourth-order valence-corrected chi connectivity index (χ4v) is 1.74. The van der Waals surface area contributed by atoms with E-state index in [0.717, 1.165) is 11.1 Å². The molecule has 2 rings (SSSR count). The Hall–Kier alpha value is -1.74. The van der Waals surface area contributed by atoms with Gasteiger partial charge in [0.25, 0.3) is 0 Å². The highest BCUT2D eigenvalue weighted by Crippen LogP contribution is 2.19. The molecule has 1 heterocycles. The molecular formula is C13H13ClN2O. The van der Waals surface area contributed by atoms with Crippen molar-refractivity contribution in [1.29, 1.82) is 0 Å². The molecule has 0 bridgehead atoms. The summed E-state index contributed by atoms with van der Waals surface area (Å²) in [5, 5.41) is 2.15. The van der Waals surface area contributed by atoms with Crippen LogP contribution >= 0.6 is 11.6 Å². The summed E-state index contributed by atoms with van der Waals surface area (Å²) in [7, 11) is 0. The Balaban J connectivity index is 1.92. The quantitative estimate of drug-likeness (QED) is 0.803. The molecule has 0 radical (unpaired) electrons. The fraction of sp³-hybridized carbons (Fsp3) is 0.154. The number of benzene rings is 1. The van der Waals surface area contributed by atoms with E-state index in [1.165, 1.54) is 0 Å². The fourth-order valence-electron chi connectivity index (χ4n) is 1.52. The number of nitrogens with one attached hydrogen (secondary N) is 2. The Morgan fingerprint density at radius 3 is 2.71 bits per heavy atom. The first-order valence-corrected chi connectivity index (χ1v) is 5.79. The number of aromatic nitrogens is 1. The molecule has 1 atom stereocenters.